The first-order valence-electron chi connectivity index (χ1n) is 14.7. The van der Waals surface area contributed by atoms with Crippen LogP contribution in [0.25, 0.3) is 26.9 Å². The molecule has 11 heteroatoms. The van der Waals surface area contributed by atoms with Gasteiger partial charge >= 0.3 is 6.01 Å². The molecule has 2 aromatic carbocycles. The molecule has 0 N–H and O–H groups in total. The van der Waals surface area contributed by atoms with Crippen molar-refractivity contribution < 1.29 is 13.9 Å². The summed E-state index contributed by atoms with van der Waals surface area (Å²) in [6, 6.07) is 7.69. The third-order valence-electron chi connectivity index (χ3n) is 8.66. The number of piperazine rings is 1. The monoisotopic (exact) mass is 620 g/mol. The van der Waals surface area contributed by atoms with E-state index in [4.69, 9.17) is 27.9 Å². The average Bonchev–Trinajstić information content (AvgIpc) is 3.44. The van der Waals surface area contributed by atoms with Gasteiger partial charge in [0, 0.05) is 47.1 Å². The molecule has 2 atom stereocenters. The van der Waals surface area contributed by atoms with Gasteiger partial charge in [-0.2, -0.15) is 9.97 Å². The van der Waals surface area contributed by atoms with E-state index in [1.54, 1.807) is 22.7 Å². The van der Waals surface area contributed by atoms with E-state index in [9.17, 15) is 4.79 Å². The summed E-state index contributed by atoms with van der Waals surface area (Å²) in [5, 5.41) is 0.757. The number of halogens is 2. The Balaban J connectivity index is 1.46. The van der Waals surface area contributed by atoms with Gasteiger partial charge in [0.2, 0.25) is 12.5 Å². The average molecular weight is 621 g/mol. The van der Waals surface area contributed by atoms with Gasteiger partial charge in [-0.3, -0.25) is 4.79 Å². The van der Waals surface area contributed by atoms with Crippen molar-refractivity contribution in [3.8, 4) is 17.1 Å². The van der Waals surface area contributed by atoms with Crippen LogP contribution in [0.4, 0.5) is 10.2 Å². The Morgan fingerprint density at radius 2 is 2.14 bits per heavy atom. The number of aromatic nitrogens is 2. The van der Waals surface area contributed by atoms with Crippen LogP contribution < -0.4 is 9.64 Å². The van der Waals surface area contributed by atoms with Crippen LogP contribution in [0.15, 0.2) is 41.8 Å². The highest BCUT2D eigenvalue weighted by molar-refractivity contribution is 7.99. The lowest BCUT2D eigenvalue weighted by atomic mass is 9.98. The molecule has 0 spiro atoms. The van der Waals surface area contributed by atoms with Crippen molar-refractivity contribution in [2.24, 2.45) is 0 Å². The lowest BCUT2D eigenvalue weighted by Gasteiger charge is -2.39. The molecule has 1 amide bonds. The number of amides is 1. The molecule has 0 radical (unpaired) electrons. The van der Waals surface area contributed by atoms with Gasteiger partial charge in [-0.1, -0.05) is 36.4 Å². The van der Waals surface area contributed by atoms with Gasteiger partial charge in [0.1, 0.15) is 24.0 Å². The summed E-state index contributed by atoms with van der Waals surface area (Å²) in [4.78, 5) is 32.5. The maximum atomic E-state index is 16.8. The number of fused-ring (bicyclic) bond motifs is 2. The Labute approximate surface area is 260 Å². The van der Waals surface area contributed by atoms with Crippen molar-refractivity contribution in [1.82, 2.24) is 19.8 Å². The Morgan fingerprint density at radius 3 is 2.91 bits per heavy atom. The van der Waals surface area contributed by atoms with E-state index in [0.717, 1.165) is 48.4 Å². The molecule has 0 unspecified atom stereocenters. The van der Waals surface area contributed by atoms with Crippen LogP contribution in [0.2, 0.25) is 5.02 Å². The number of carbonyl (C=O) groups excluding carboxylic acids is 1. The molecule has 2 saturated heterocycles. The molecule has 3 aromatic rings. The van der Waals surface area contributed by atoms with E-state index < -0.39 is 5.82 Å². The summed E-state index contributed by atoms with van der Waals surface area (Å²) in [6.07, 6.45) is 5.42. The molecule has 6 rings (SSSR count). The smallest absolute Gasteiger partial charge is 0.319 e. The van der Waals surface area contributed by atoms with Gasteiger partial charge < -0.3 is 24.3 Å². The first-order valence-corrected chi connectivity index (χ1v) is 16.0. The maximum absolute atomic E-state index is 16.8. The number of carbonyl (C=O) groups is 1. The fraction of sp³-hybridized carbons (Fsp3) is 0.438. The van der Waals surface area contributed by atoms with Crippen LogP contribution >= 0.6 is 23.4 Å². The van der Waals surface area contributed by atoms with Crippen LogP contribution in [0.5, 0.6) is 6.01 Å². The summed E-state index contributed by atoms with van der Waals surface area (Å²) in [7, 11) is 2.07. The van der Waals surface area contributed by atoms with E-state index in [-0.39, 0.29) is 41.1 Å². The minimum Gasteiger partial charge on any atom is -0.462 e. The highest BCUT2D eigenvalue weighted by atomic mass is 35.5. The van der Waals surface area contributed by atoms with Gasteiger partial charge in [-0.05, 0) is 62.7 Å². The molecule has 8 nitrogen and oxygen atoms in total. The van der Waals surface area contributed by atoms with Crippen LogP contribution in [0.1, 0.15) is 24.8 Å². The Bertz CT molecular complexity index is 1610. The molecular weight excluding hydrogens is 587 g/mol. The number of anilines is 1. The van der Waals surface area contributed by atoms with Crippen LogP contribution in [0.3, 0.4) is 0 Å². The molecule has 3 aliphatic heterocycles. The molecule has 224 valence electrons. The molecule has 0 saturated carbocycles. The molecule has 2 fully saturated rings. The van der Waals surface area contributed by atoms with Gasteiger partial charge in [0.05, 0.1) is 5.02 Å². The van der Waals surface area contributed by atoms with Gasteiger partial charge in [0.15, 0.2) is 5.82 Å². The number of hydrogen-bond donors (Lipinski definition) is 0. The Kier molecular flexibility index (Phi) is 8.75. The third-order valence-corrected chi connectivity index (χ3v) is 10.2. The number of likely N-dealkylation sites (tertiary alicyclic amines) is 1. The molecular formula is C32H34ClFN6O2S. The standard InChI is InChI=1S/C32H34ClFN6O2S/c1-4-26(41)40-14-13-39(18-22(40)17-35-2)31-24-16-25(33)27(23-11-5-8-20-9-7-15-43-30(20)23)28(34)29(24)36-32(37-31)42-19-21-10-6-12-38(21)3/h4-5,8,11,16,21-22H,1,6-7,9-10,12-15,17-19H2,3H3/t21-,22-/m0/s1. The quantitative estimate of drug-likeness (QED) is 0.247. The second-order valence-corrected chi connectivity index (χ2v) is 12.8. The number of likely N-dealkylation sites (N-methyl/N-ethyl adjacent to an activating group) is 1. The number of thioether (sulfide) groups is 1. The van der Waals surface area contributed by atoms with Crippen molar-refractivity contribution in [3.63, 3.8) is 0 Å². The lowest BCUT2D eigenvalue weighted by Crippen LogP contribution is -2.56. The molecule has 3 aliphatic rings. The van der Waals surface area contributed by atoms with E-state index in [2.05, 4.69) is 34.4 Å². The minimum absolute atomic E-state index is 0.103. The van der Waals surface area contributed by atoms with Crippen molar-refractivity contribution in [3.05, 3.63) is 64.7 Å². The lowest BCUT2D eigenvalue weighted by molar-refractivity contribution is -0.128. The zero-order valence-corrected chi connectivity index (χ0v) is 25.8. The first-order chi connectivity index (χ1) is 20.9. The fourth-order valence-corrected chi connectivity index (χ4v) is 7.84. The predicted molar refractivity (Wildman–Crippen MR) is 170 cm³/mol. The molecule has 0 aliphatic carbocycles. The van der Waals surface area contributed by atoms with E-state index in [1.807, 2.05) is 17.0 Å². The number of nitrogens with zero attached hydrogens (tertiary/aromatic N) is 6. The summed E-state index contributed by atoms with van der Waals surface area (Å²) >= 11 is 8.63. The first kappa shape index (κ1) is 29.7. The number of benzene rings is 2. The maximum Gasteiger partial charge on any atom is 0.319 e. The van der Waals surface area contributed by atoms with Crippen LogP contribution in [-0.2, 0) is 11.2 Å². The normalized spacial score (nSPS) is 20.6. The van der Waals surface area contributed by atoms with Crippen LogP contribution in [-0.4, -0.2) is 89.9 Å². The highest BCUT2D eigenvalue weighted by Gasteiger charge is 2.34. The topological polar surface area (TPSA) is 66.2 Å². The molecule has 43 heavy (non-hydrogen) atoms. The molecule has 4 heterocycles. The van der Waals surface area contributed by atoms with Gasteiger partial charge in [-0.15, -0.1) is 11.8 Å². The zero-order chi connectivity index (χ0) is 30.1. The second-order valence-electron chi connectivity index (χ2n) is 11.3. The van der Waals surface area contributed by atoms with E-state index >= 15 is 4.39 Å². The van der Waals surface area contributed by atoms with Crippen molar-refractivity contribution in [2.45, 2.75) is 42.7 Å². The second kappa shape index (κ2) is 12.7. The fourth-order valence-electron chi connectivity index (χ4n) is 6.38. The number of rotatable bonds is 7. The number of aryl methyl sites for hydroxylation is 1. The third kappa shape index (κ3) is 5.78. The Morgan fingerprint density at radius 1 is 1.28 bits per heavy atom. The molecule has 0 bridgehead atoms. The zero-order valence-electron chi connectivity index (χ0n) is 24.2. The number of hydrogen-bond acceptors (Lipinski definition) is 7. The highest BCUT2D eigenvalue weighted by Crippen LogP contribution is 2.44. The van der Waals surface area contributed by atoms with E-state index in [1.165, 1.54) is 11.6 Å². The van der Waals surface area contributed by atoms with Crippen molar-refractivity contribution >= 4 is 46.0 Å². The van der Waals surface area contributed by atoms with Gasteiger partial charge in [-0.25, -0.2) is 11.0 Å². The summed E-state index contributed by atoms with van der Waals surface area (Å²) in [5.74, 6) is 0.736. The largest absolute Gasteiger partial charge is 0.462 e. The van der Waals surface area contributed by atoms with Crippen LogP contribution in [0, 0.1) is 12.4 Å². The SMILES string of the molecule is [C-]#[N+]C[C@H]1CN(c2nc(OC[C@@H]3CCCN3C)nc3c(F)c(-c4cccc5c4SCCC5)c(Cl)cc23)CCN1C(=O)C=C. The van der Waals surface area contributed by atoms with Crippen molar-refractivity contribution in [1.29, 1.82) is 0 Å². The Hall–Kier alpha value is -3.39. The molecule has 1 aromatic heterocycles. The van der Waals surface area contributed by atoms with Crippen molar-refractivity contribution in [2.75, 3.05) is 57.0 Å². The summed E-state index contributed by atoms with van der Waals surface area (Å²) in [5.41, 5.74) is 2.45. The van der Waals surface area contributed by atoms with Gasteiger partial charge in [0.25, 0.3) is 0 Å². The van der Waals surface area contributed by atoms with E-state index in [0.29, 0.717) is 43.0 Å². The minimum atomic E-state index is -0.508. The summed E-state index contributed by atoms with van der Waals surface area (Å²) < 4.78 is 22.9. The number of ether oxygens (including phenoxy) is 1. The summed E-state index contributed by atoms with van der Waals surface area (Å²) in [6.45, 7) is 13.8. The predicted octanol–water partition coefficient (Wildman–Crippen LogP) is 5.72.